The first-order valence-electron chi connectivity index (χ1n) is 7.57. The molecular weight excluding hydrogens is 271 g/mol. The van der Waals surface area contributed by atoms with E-state index in [4.69, 9.17) is 4.74 Å². The molecule has 0 aromatic heterocycles. The number of piperazine rings is 1. The third-order valence-corrected chi connectivity index (χ3v) is 3.73. The maximum absolute atomic E-state index is 12.8. The number of carbonyl (C=O) groups excluding carboxylic acids is 1. The molecule has 1 amide bonds. The molecule has 0 radical (unpaired) electrons. The molecule has 5 heteroatoms. The molecule has 4 nitrogen and oxygen atoms in total. The van der Waals surface area contributed by atoms with Gasteiger partial charge in [0, 0.05) is 26.2 Å². The zero-order valence-electron chi connectivity index (χ0n) is 12.6. The highest BCUT2D eigenvalue weighted by Gasteiger charge is 2.21. The van der Waals surface area contributed by atoms with Crippen molar-refractivity contribution in [3.63, 3.8) is 0 Å². The van der Waals surface area contributed by atoms with Crippen LogP contribution in [0, 0.1) is 5.82 Å². The summed E-state index contributed by atoms with van der Waals surface area (Å²) in [5, 5.41) is 0. The Bertz CT molecular complexity index is 442. The zero-order valence-corrected chi connectivity index (χ0v) is 12.6. The van der Waals surface area contributed by atoms with Gasteiger partial charge in [-0.15, -0.1) is 0 Å². The Labute approximate surface area is 125 Å². The maximum Gasteiger partial charge on any atom is 0.410 e. The second kappa shape index (κ2) is 7.98. The van der Waals surface area contributed by atoms with Crippen LogP contribution in [0.5, 0.6) is 0 Å². The van der Waals surface area contributed by atoms with Crippen LogP contribution in [0.25, 0.3) is 0 Å². The van der Waals surface area contributed by atoms with Gasteiger partial charge in [0.15, 0.2) is 0 Å². The molecule has 0 spiro atoms. The Balaban J connectivity index is 1.71. The Morgan fingerprint density at radius 1 is 1.19 bits per heavy atom. The lowest BCUT2D eigenvalue weighted by Gasteiger charge is -2.34. The topological polar surface area (TPSA) is 32.8 Å². The summed E-state index contributed by atoms with van der Waals surface area (Å²) in [4.78, 5) is 16.1. The summed E-state index contributed by atoms with van der Waals surface area (Å²) in [7, 11) is 0. The largest absolute Gasteiger partial charge is 0.445 e. The van der Waals surface area contributed by atoms with Crippen LogP contribution in [0.3, 0.4) is 0 Å². The molecule has 1 saturated heterocycles. The number of benzene rings is 1. The third kappa shape index (κ3) is 5.01. The maximum atomic E-state index is 12.8. The van der Waals surface area contributed by atoms with Gasteiger partial charge in [-0.2, -0.15) is 0 Å². The third-order valence-electron chi connectivity index (χ3n) is 3.73. The Kier molecular flexibility index (Phi) is 5.99. The molecule has 116 valence electrons. The van der Waals surface area contributed by atoms with Crippen molar-refractivity contribution >= 4 is 6.09 Å². The number of halogens is 1. The normalized spacial score (nSPS) is 16.0. The van der Waals surface area contributed by atoms with Gasteiger partial charge in [-0.25, -0.2) is 9.18 Å². The summed E-state index contributed by atoms with van der Waals surface area (Å²) < 4.78 is 18.1. The van der Waals surface area contributed by atoms with Gasteiger partial charge in [0.1, 0.15) is 12.4 Å². The van der Waals surface area contributed by atoms with Crippen LogP contribution in [-0.4, -0.2) is 48.6 Å². The molecule has 0 unspecified atom stereocenters. The van der Waals surface area contributed by atoms with E-state index in [1.807, 2.05) is 0 Å². The molecule has 0 N–H and O–H groups in total. The SMILES string of the molecule is CCCCN1CCN(C(=O)OCc2ccc(F)cc2)CC1. The van der Waals surface area contributed by atoms with Gasteiger partial charge >= 0.3 is 6.09 Å². The summed E-state index contributed by atoms with van der Waals surface area (Å²) in [6, 6.07) is 6.00. The summed E-state index contributed by atoms with van der Waals surface area (Å²) in [6.45, 7) is 6.72. The minimum absolute atomic E-state index is 0.190. The van der Waals surface area contributed by atoms with Gasteiger partial charge in [0.25, 0.3) is 0 Å². The molecule has 0 saturated carbocycles. The second-order valence-electron chi connectivity index (χ2n) is 5.36. The average molecular weight is 294 g/mol. The molecule has 0 atom stereocenters. The van der Waals surface area contributed by atoms with Crippen molar-refractivity contribution in [3.05, 3.63) is 35.6 Å². The molecule has 0 aliphatic carbocycles. The molecule has 1 aromatic rings. The fraction of sp³-hybridized carbons (Fsp3) is 0.562. The highest BCUT2D eigenvalue weighted by Crippen LogP contribution is 2.08. The number of carbonyl (C=O) groups is 1. The summed E-state index contributed by atoms with van der Waals surface area (Å²) >= 11 is 0. The van der Waals surface area contributed by atoms with E-state index < -0.39 is 0 Å². The van der Waals surface area contributed by atoms with E-state index in [0.717, 1.165) is 25.2 Å². The van der Waals surface area contributed by atoms with Gasteiger partial charge in [-0.1, -0.05) is 25.5 Å². The van der Waals surface area contributed by atoms with Crippen LogP contribution in [-0.2, 0) is 11.3 Å². The standard InChI is InChI=1S/C16H23FN2O2/c1-2-3-8-18-9-11-19(12-10-18)16(20)21-13-14-4-6-15(17)7-5-14/h4-7H,2-3,8-13H2,1H3. The van der Waals surface area contributed by atoms with Crippen molar-refractivity contribution in [2.75, 3.05) is 32.7 Å². The fourth-order valence-electron chi connectivity index (χ4n) is 2.35. The average Bonchev–Trinajstić information content (AvgIpc) is 2.52. The number of amides is 1. The van der Waals surface area contributed by atoms with Crippen molar-refractivity contribution in [2.24, 2.45) is 0 Å². The van der Waals surface area contributed by atoms with Gasteiger partial charge in [-0.05, 0) is 30.7 Å². The molecule has 1 fully saturated rings. The van der Waals surface area contributed by atoms with Gasteiger partial charge in [0.2, 0.25) is 0 Å². The number of ether oxygens (including phenoxy) is 1. The minimum atomic E-state index is -0.284. The molecule has 2 rings (SSSR count). The predicted octanol–water partition coefficient (Wildman–Crippen LogP) is 2.88. The summed E-state index contributed by atoms with van der Waals surface area (Å²) in [6.07, 6.45) is 2.11. The van der Waals surface area contributed by atoms with Crippen LogP contribution in [0.15, 0.2) is 24.3 Å². The lowest BCUT2D eigenvalue weighted by molar-refractivity contribution is 0.0714. The molecule has 1 aromatic carbocycles. The number of nitrogens with zero attached hydrogens (tertiary/aromatic N) is 2. The highest BCUT2D eigenvalue weighted by molar-refractivity contribution is 5.67. The molecule has 1 heterocycles. The van der Waals surface area contributed by atoms with Crippen molar-refractivity contribution in [3.8, 4) is 0 Å². The fourth-order valence-corrected chi connectivity index (χ4v) is 2.35. The van der Waals surface area contributed by atoms with Crippen LogP contribution in [0.4, 0.5) is 9.18 Å². The van der Waals surface area contributed by atoms with Crippen molar-refractivity contribution < 1.29 is 13.9 Å². The quantitative estimate of drug-likeness (QED) is 0.837. The van der Waals surface area contributed by atoms with Gasteiger partial charge in [0.05, 0.1) is 0 Å². The number of hydrogen-bond donors (Lipinski definition) is 0. The van der Waals surface area contributed by atoms with E-state index in [1.165, 1.54) is 25.0 Å². The number of unbranched alkanes of at least 4 members (excludes halogenated alkanes) is 1. The zero-order chi connectivity index (χ0) is 15.1. The monoisotopic (exact) mass is 294 g/mol. The van der Waals surface area contributed by atoms with E-state index in [9.17, 15) is 9.18 Å². The van der Waals surface area contributed by atoms with E-state index in [0.29, 0.717) is 13.1 Å². The van der Waals surface area contributed by atoms with E-state index in [2.05, 4.69) is 11.8 Å². The van der Waals surface area contributed by atoms with Crippen LogP contribution in [0.1, 0.15) is 25.3 Å². The molecule has 0 bridgehead atoms. The number of rotatable bonds is 5. The predicted molar refractivity (Wildman–Crippen MR) is 79.5 cm³/mol. The second-order valence-corrected chi connectivity index (χ2v) is 5.36. The van der Waals surface area contributed by atoms with Gasteiger partial charge in [-0.3, -0.25) is 4.90 Å². The van der Waals surface area contributed by atoms with Crippen LogP contribution < -0.4 is 0 Å². The first-order valence-corrected chi connectivity index (χ1v) is 7.57. The summed E-state index contributed by atoms with van der Waals surface area (Å²) in [5.74, 6) is -0.284. The lowest BCUT2D eigenvalue weighted by atomic mass is 10.2. The van der Waals surface area contributed by atoms with E-state index in [-0.39, 0.29) is 18.5 Å². The smallest absolute Gasteiger partial charge is 0.410 e. The van der Waals surface area contributed by atoms with Crippen molar-refractivity contribution in [2.45, 2.75) is 26.4 Å². The minimum Gasteiger partial charge on any atom is -0.445 e. The van der Waals surface area contributed by atoms with E-state index >= 15 is 0 Å². The van der Waals surface area contributed by atoms with Crippen molar-refractivity contribution in [1.82, 2.24) is 9.80 Å². The Hall–Kier alpha value is -1.62. The lowest BCUT2D eigenvalue weighted by Crippen LogP contribution is -2.48. The van der Waals surface area contributed by atoms with Crippen LogP contribution >= 0.6 is 0 Å². The Morgan fingerprint density at radius 3 is 2.48 bits per heavy atom. The highest BCUT2D eigenvalue weighted by atomic mass is 19.1. The molecule has 21 heavy (non-hydrogen) atoms. The van der Waals surface area contributed by atoms with Gasteiger partial charge < -0.3 is 9.64 Å². The molecule has 1 aliphatic rings. The Morgan fingerprint density at radius 2 is 1.86 bits per heavy atom. The number of hydrogen-bond acceptors (Lipinski definition) is 3. The van der Waals surface area contributed by atoms with Crippen molar-refractivity contribution in [1.29, 1.82) is 0 Å². The van der Waals surface area contributed by atoms with Crippen LogP contribution in [0.2, 0.25) is 0 Å². The summed E-state index contributed by atoms with van der Waals surface area (Å²) in [5.41, 5.74) is 0.798. The van der Waals surface area contributed by atoms with E-state index in [1.54, 1.807) is 17.0 Å². The molecular formula is C16H23FN2O2. The first kappa shape index (κ1) is 15.8. The first-order chi connectivity index (χ1) is 10.2. The molecule has 1 aliphatic heterocycles.